The molecule has 2 heterocycles. The second-order valence-corrected chi connectivity index (χ2v) is 10.9. The van der Waals surface area contributed by atoms with E-state index in [-0.39, 0.29) is 36.8 Å². The second kappa shape index (κ2) is 11.1. The van der Waals surface area contributed by atoms with Crippen LogP contribution in [0.1, 0.15) is 69.1 Å². The van der Waals surface area contributed by atoms with Crippen molar-refractivity contribution in [1.29, 1.82) is 0 Å². The Morgan fingerprint density at radius 2 is 1.40 bits per heavy atom. The normalized spacial score (nSPS) is 22.1. The van der Waals surface area contributed by atoms with E-state index in [1.807, 2.05) is 54.6 Å². The highest BCUT2D eigenvalue weighted by molar-refractivity contribution is 6.21. The topological polar surface area (TPSA) is 84.0 Å². The van der Waals surface area contributed by atoms with Crippen LogP contribution in [0.5, 0.6) is 0 Å². The number of carbonyl (C=O) groups excluding carboxylic acids is 4. The number of hydrogen-bond donors (Lipinski definition) is 0. The lowest BCUT2D eigenvalue weighted by atomic mass is 9.77. The Hall–Kier alpha value is -4.26. The Morgan fingerprint density at radius 1 is 0.775 bits per heavy atom. The summed E-state index contributed by atoms with van der Waals surface area (Å²) in [7, 11) is 0. The van der Waals surface area contributed by atoms with E-state index in [0.29, 0.717) is 36.9 Å². The Morgan fingerprint density at radius 3 is 2.12 bits per heavy atom. The number of imide groups is 1. The molecule has 40 heavy (non-hydrogen) atoms. The number of amides is 3. The third-order valence-electron chi connectivity index (χ3n) is 8.54. The number of benzene rings is 3. The first-order valence-corrected chi connectivity index (χ1v) is 14.1. The first-order valence-electron chi connectivity index (χ1n) is 14.1. The Balaban J connectivity index is 1.25. The summed E-state index contributed by atoms with van der Waals surface area (Å²) in [6.07, 6.45) is 3.64. The van der Waals surface area contributed by atoms with Gasteiger partial charge in [-0.2, -0.15) is 0 Å². The van der Waals surface area contributed by atoms with E-state index in [0.717, 1.165) is 29.5 Å². The lowest BCUT2D eigenvalue weighted by molar-refractivity contribution is -0.159. The van der Waals surface area contributed by atoms with Gasteiger partial charge in [-0.3, -0.25) is 24.1 Å². The van der Waals surface area contributed by atoms with Gasteiger partial charge in [0.25, 0.3) is 11.8 Å². The summed E-state index contributed by atoms with van der Waals surface area (Å²) in [5.41, 5.74) is 3.74. The fourth-order valence-corrected chi connectivity index (χ4v) is 6.45. The summed E-state index contributed by atoms with van der Waals surface area (Å²) in [6, 6.07) is 23.8. The molecule has 3 aromatic rings. The zero-order valence-electron chi connectivity index (χ0n) is 22.3. The van der Waals surface area contributed by atoms with Crippen molar-refractivity contribution in [3.63, 3.8) is 0 Å². The number of hydrogen-bond acceptors (Lipinski definition) is 5. The number of fused-ring (bicyclic) bond motifs is 2. The van der Waals surface area contributed by atoms with Crippen LogP contribution in [0.2, 0.25) is 0 Å². The number of carbonyl (C=O) groups is 4. The number of ether oxygens (including phenoxy) is 1. The minimum Gasteiger partial charge on any atom is -0.461 e. The van der Waals surface area contributed by atoms with Gasteiger partial charge in [0.15, 0.2) is 0 Å². The van der Waals surface area contributed by atoms with E-state index < -0.39 is 17.9 Å². The molecule has 3 aromatic carbocycles. The van der Waals surface area contributed by atoms with Crippen molar-refractivity contribution in [2.45, 2.75) is 44.8 Å². The van der Waals surface area contributed by atoms with Crippen molar-refractivity contribution in [1.82, 2.24) is 9.80 Å². The van der Waals surface area contributed by atoms with Crippen LogP contribution >= 0.6 is 0 Å². The molecule has 1 saturated carbocycles. The van der Waals surface area contributed by atoms with Crippen molar-refractivity contribution in [2.24, 2.45) is 11.8 Å². The van der Waals surface area contributed by atoms with Crippen LogP contribution in [-0.4, -0.2) is 46.6 Å². The van der Waals surface area contributed by atoms with Gasteiger partial charge in [-0.1, -0.05) is 79.6 Å². The Kier molecular flexibility index (Phi) is 7.20. The lowest BCUT2D eigenvalue weighted by Gasteiger charge is -2.42. The predicted octanol–water partition coefficient (Wildman–Crippen LogP) is 4.96. The van der Waals surface area contributed by atoms with Gasteiger partial charge < -0.3 is 9.64 Å². The highest BCUT2D eigenvalue weighted by atomic mass is 16.5. The van der Waals surface area contributed by atoms with Crippen molar-refractivity contribution in [3.8, 4) is 0 Å². The largest absolute Gasteiger partial charge is 0.461 e. The summed E-state index contributed by atoms with van der Waals surface area (Å²) in [4.78, 5) is 57.1. The Labute approximate surface area is 233 Å². The summed E-state index contributed by atoms with van der Waals surface area (Å²) >= 11 is 0. The molecule has 0 aromatic heterocycles. The molecule has 7 heteroatoms. The predicted molar refractivity (Wildman–Crippen MR) is 148 cm³/mol. The van der Waals surface area contributed by atoms with Crippen LogP contribution in [0.4, 0.5) is 0 Å². The molecule has 6 rings (SSSR count). The average molecular weight is 537 g/mol. The van der Waals surface area contributed by atoms with Crippen molar-refractivity contribution < 1.29 is 23.9 Å². The molecule has 0 bridgehead atoms. The summed E-state index contributed by atoms with van der Waals surface area (Å²) in [6.45, 7) is 0.716. The van der Waals surface area contributed by atoms with E-state index in [1.165, 1.54) is 4.90 Å². The molecule has 1 unspecified atom stereocenters. The fourth-order valence-electron chi connectivity index (χ4n) is 6.45. The van der Waals surface area contributed by atoms with Gasteiger partial charge in [0.05, 0.1) is 35.5 Å². The van der Waals surface area contributed by atoms with Gasteiger partial charge >= 0.3 is 5.97 Å². The molecule has 1 fully saturated rings. The SMILES string of the molecule is O=C(OCc1ccccc1)[C@H]1CCCC[C@H]1C(=O)N1CCc2ccccc2C1CN1C(=O)c2ccccc2C1=O. The molecule has 0 spiro atoms. The quantitative estimate of drug-likeness (QED) is 0.329. The van der Waals surface area contributed by atoms with Gasteiger partial charge in [-0.05, 0) is 48.1 Å². The molecule has 0 radical (unpaired) electrons. The van der Waals surface area contributed by atoms with Crippen molar-refractivity contribution >= 4 is 23.7 Å². The minimum absolute atomic E-state index is 0.0743. The molecule has 3 atom stereocenters. The van der Waals surface area contributed by atoms with Crippen molar-refractivity contribution in [3.05, 3.63) is 107 Å². The molecule has 3 amide bonds. The average Bonchev–Trinajstić information content (AvgIpc) is 3.25. The lowest BCUT2D eigenvalue weighted by Crippen LogP contribution is -2.50. The van der Waals surface area contributed by atoms with Gasteiger partial charge in [0, 0.05) is 6.54 Å². The van der Waals surface area contributed by atoms with E-state index >= 15 is 0 Å². The van der Waals surface area contributed by atoms with Crippen LogP contribution in [0.3, 0.4) is 0 Å². The maximum atomic E-state index is 14.2. The van der Waals surface area contributed by atoms with E-state index in [9.17, 15) is 19.2 Å². The van der Waals surface area contributed by atoms with Gasteiger partial charge in [0.1, 0.15) is 6.61 Å². The molecule has 7 nitrogen and oxygen atoms in total. The standard InChI is InChI=1S/C33H32N2O5/c36-30(27-16-8-9-17-28(27)33(39)40-21-22-10-2-1-3-11-22)34-19-18-23-12-4-5-13-24(23)29(34)20-35-31(37)25-14-6-7-15-26(25)32(35)38/h1-7,10-15,27-29H,8-9,16-21H2/t27-,28+,29?/m1/s1. The smallest absolute Gasteiger partial charge is 0.310 e. The monoisotopic (exact) mass is 536 g/mol. The third kappa shape index (κ3) is 4.81. The molecular weight excluding hydrogens is 504 g/mol. The van der Waals surface area contributed by atoms with Crippen LogP contribution in [-0.2, 0) is 27.4 Å². The highest BCUT2D eigenvalue weighted by Crippen LogP contribution is 2.38. The first kappa shape index (κ1) is 26.0. The zero-order valence-corrected chi connectivity index (χ0v) is 22.3. The van der Waals surface area contributed by atoms with Crippen LogP contribution in [0.25, 0.3) is 0 Å². The van der Waals surface area contributed by atoms with Crippen LogP contribution in [0.15, 0.2) is 78.9 Å². The number of esters is 1. The molecule has 2 aliphatic heterocycles. The van der Waals surface area contributed by atoms with E-state index in [2.05, 4.69) is 0 Å². The number of nitrogens with zero attached hydrogens (tertiary/aromatic N) is 2. The fraction of sp³-hybridized carbons (Fsp3) is 0.333. The minimum atomic E-state index is -0.512. The molecule has 3 aliphatic rings. The highest BCUT2D eigenvalue weighted by Gasteiger charge is 2.44. The van der Waals surface area contributed by atoms with Gasteiger partial charge in [0.2, 0.25) is 5.91 Å². The van der Waals surface area contributed by atoms with Crippen LogP contribution < -0.4 is 0 Å². The van der Waals surface area contributed by atoms with E-state index in [1.54, 1.807) is 29.2 Å². The van der Waals surface area contributed by atoms with Gasteiger partial charge in [-0.15, -0.1) is 0 Å². The zero-order chi connectivity index (χ0) is 27.6. The summed E-state index contributed by atoms with van der Waals surface area (Å²) < 4.78 is 5.68. The third-order valence-corrected chi connectivity index (χ3v) is 8.54. The molecule has 0 saturated heterocycles. The number of rotatable bonds is 6. The maximum Gasteiger partial charge on any atom is 0.310 e. The molecule has 204 valence electrons. The second-order valence-electron chi connectivity index (χ2n) is 10.9. The summed E-state index contributed by atoms with van der Waals surface area (Å²) in [5, 5.41) is 0. The maximum absolute atomic E-state index is 14.2. The Bertz CT molecular complexity index is 1420. The van der Waals surface area contributed by atoms with Crippen LogP contribution in [0, 0.1) is 11.8 Å². The first-order chi connectivity index (χ1) is 19.5. The van der Waals surface area contributed by atoms with Gasteiger partial charge in [-0.25, -0.2) is 0 Å². The van der Waals surface area contributed by atoms with E-state index in [4.69, 9.17) is 4.74 Å². The molecule has 0 N–H and O–H groups in total. The molecule has 1 aliphatic carbocycles. The summed E-state index contributed by atoms with van der Waals surface area (Å²) in [5.74, 6) is -2.12. The molecular formula is C33H32N2O5. The van der Waals surface area contributed by atoms with Crippen molar-refractivity contribution in [2.75, 3.05) is 13.1 Å².